The normalized spacial score (nSPS) is 13.4. The van der Waals surface area contributed by atoms with Crippen LogP contribution in [0.5, 0.6) is 5.75 Å². The van der Waals surface area contributed by atoms with Crippen LogP contribution < -0.4 is 15.4 Å². The summed E-state index contributed by atoms with van der Waals surface area (Å²) in [6.07, 6.45) is -2.07. The molecular formula is C28H33F3N4O4S. The van der Waals surface area contributed by atoms with Crippen molar-refractivity contribution >= 4 is 29.2 Å². The number of nitrogens with one attached hydrogen (secondary N) is 2. The summed E-state index contributed by atoms with van der Waals surface area (Å²) in [6.45, 7) is 10.5. The van der Waals surface area contributed by atoms with E-state index in [0.29, 0.717) is 12.0 Å². The number of hydrogen-bond donors (Lipinski definition) is 2. The summed E-state index contributed by atoms with van der Waals surface area (Å²) in [6, 6.07) is 6.74. The highest BCUT2D eigenvalue weighted by molar-refractivity contribution is 7.11. The minimum atomic E-state index is -4.71. The number of thiazole rings is 1. The first-order valence-corrected chi connectivity index (χ1v) is 13.5. The fraction of sp³-hybridized carbons (Fsp3) is 0.429. The predicted molar refractivity (Wildman–Crippen MR) is 147 cm³/mol. The SMILES string of the molecule is CC(C)C[C@@](C)(COc1ccc(-c2ccnc(NC(=O)c3nccs3)c2)cc1C(F)(F)F)NC(=O)OC(C)(C)C. The van der Waals surface area contributed by atoms with Crippen molar-refractivity contribution in [2.45, 2.75) is 65.3 Å². The minimum absolute atomic E-state index is 0.116. The van der Waals surface area contributed by atoms with E-state index >= 15 is 0 Å². The number of rotatable bonds is 9. The van der Waals surface area contributed by atoms with Crippen LogP contribution in [0.15, 0.2) is 48.1 Å². The first-order valence-electron chi connectivity index (χ1n) is 12.6. The Bertz CT molecular complexity index is 1320. The molecule has 8 nitrogen and oxygen atoms in total. The number of benzene rings is 1. The van der Waals surface area contributed by atoms with Crippen LogP contribution in [0.4, 0.5) is 23.8 Å². The molecule has 3 aromatic rings. The third kappa shape index (κ3) is 8.94. The average molecular weight is 579 g/mol. The molecule has 0 aliphatic heterocycles. The number of ether oxygens (including phenoxy) is 2. The molecule has 0 spiro atoms. The molecule has 0 saturated heterocycles. The molecule has 3 rings (SSSR count). The van der Waals surface area contributed by atoms with Gasteiger partial charge < -0.3 is 20.1 Å². The van der Waals surface area contributed by atoms with Gasteiger partial charge in [0.1, 0.15) is 23.8 Å². The summed E-state index contributed by atoms with van der Waals surface area (Å²) in [4.78, 5) is 32.8. The van der Waals surface area contributed by atoms with Gasteiger partial charge in [0, 0.05) is 17.8 Å². The van der Waals surface area contributed by atoms with Gasteiger partial charge in [0.05, 0.1) is 11.1 Å². The van der Waals surface area contributed by atoms with Crippen LogP contribution in [-0.4, -0.2) is 39.7 Å². The molecule has 0 fully saturated rings. The van der Waals surface area contributed by atoms with Gasteiger partial charge in [0.25, 0.3) is 5.91 Å². The minimum Gasteiger partial charge on any atom is -0.491 e. The topological polar surface area (TPSA) is 102 Å². The van der Waals surface area contributed by atoms with Gasteiger partial charge >= 0.3 is 12.3 Å². The average Bonchev–Trinajstić information content (AvgIpc) is 3.36. The zero-order chi connectivity index (χ0) is 29.7. The Labute approximate surface area is 235 Å². The largest absolute Gasteiger partial charge is 0.491 e. The molecule has 0 radical (unpaired) electrons. The van der Waals surface area contributed by atoms with Crippen LogP contribution in [0.25, 0.3) is 11.1 Å². The smallest absolute Gasteiger partial charge is 0.419 e. The lowest BCUT2D eigenvalue weighted by molar-refractivity contribution is -0.139. The first kappa shape index (κ1) is 30.9. The van der Waals surface area contributed by atoms with Crippen molar-refractivity contribution in [1.29, 1.82) is 0 Å². The lowest BCUT2D eigenvalue weighted by atomic mass is 9.91. The number of nitrogens with zero attached hydrogens (tertiary/aromatic N) is 2. The number of carbonyl (C=O) groups is 2. The van der Waals surface area contributed by atoms with Gasteiger partial charge in [-0.1, -0.05) is 19.9 Å². The number of hydrogen-bond acceptors (Lipinski definition) is 7. The van der Waals surface area contributed by atoms with Gasteiger partial charge in [0.2, 0.25) is 0 Å². The Hall–Kier alpha value is -3.67. The molecular weight excluding hydrogens is 545 g/mol. The number of anilines is 1. The highest BCUT2D eigenvalue weighted by Crippen LogP contribution is 2.39. The van der Waals surface area contributed by atoms with Crippen LogP contribution in [-0.2, 0) is 10.9 Å². The highest BCUT2D eigenvalue weighted by atomic mass is 32.1. The van der Waals surface area contributed by atoms with E-state index in [4.69, 9.17) is 9.47 Å². The molecule has 0 saturated carbocycles. The number of alkyl carbamates (subject to hydrolysis) is 1. The van der Waals surface area contributed by atoms with Crippen molar-refractivity contribution in [2.24, 2.45) is 5.92 Å². The van der Waals surface area contributed by atoms with E-state index in [1.165, 1.54) is 30.6 Å². The molecule has 1 atom stereocenters. The van der Waals surface area contributed by atoms with Gasteiger partial charge in [-0.25, -0.2) is 14.8 Å². The third-order valence-corrected chi connectivity index (χ3v) is 6.23. The number of halogens is 3. The second-order valence-electron chi connectivity index (χ2n) is 11.0. The number of aromatic nitrogens is 2. The lowest BCUT2D eigenvalue weighted by Gasteiger charge is -2.33. The number of alkyl halides is 3. The van der Waals surface area contributed by atoms with E-state index in [2.05, 4.69) is 20.6 Å². The Balaban J connectivity index is 1.84. The fourth-order valence-electron chi connectivity index (χ4n) is 4.07. The van der Waals surface area contributed by atoms with Crippen LogP contribution in [0.1, 0.15) is 63.3 Å². The molecule has 12 heteroatoms. The van der Waals surface area contributed by atoms with E-state index < -0.39 is 34.9 Å². The summed E-state index contributed by atoms with van der Waals surface area (Å²) in [5.74, 6) is -0.554. The van der Waals surface area contributed by atoms with E-state index in [-0.39, 0.29) is 34.7 Å². The van der Waals surface area contributed by atoms with Crippen molar-refractivity contribution in [3.05, 3.63) is 58.7 Å². The summed E-state index contributed by atoms with van der Waals surface area (Å²) in [7, 11) is 0. The maximum absolute atomic E-state index is 14.1. The van der Waals surface area contributed by atoms with E-state index in [0.717, 1.165) is 17.4 Å². The zero-order valence-electron chi connectivity index (χ0n) is 23.2. The van der Waals surface area contributed by atoms with E-state index in [1.54, 1.807) is 39.1 Å². The van der Waals surface area contributed by atoms with Crippen LogP contribution >= 0.6 is 11.3 Å². The maximum Gasteiger partial charge on any atom is 0.419 e. The fourth-order valence-corrected chi connectivity index (χ4v) is 4.61. The van der Waals surface area contributed by atoms with Crippen LogP contribution in [0.2, 0.25) is 0 Å². The summed E-state index contributed by atoms with van der Waals surface area (Å²) in [5.41, 5.74) is -2.03. The second-order valence-corrected chi connectivity index (χ2v) is 11.9. The Morgan fingerprint density at radius 3 is 2.30 bits per heavy atom. The van der Waals surface area contributed by atoms with Crippen molar-refractivity contribution in [3.8, 4) is 16.9 Å². The van der Waals surface area contributed by atoms with E-state index in [1.807, 2.05) is 13.8 Å². The quantitative estimate of drug-likeness (QED) is 0.279. The van der Waals surface area contributed by atoms with Crippen LogP contribution in [0.3, 0.4) is 0 Å². The number of pyridine rings is 1. The Morgan fingerprint density at radius 2 is 1.70 bits per heavy atom. The molecule has 0 unspecified atom stereocenters. The van der Waals surface area contributed by atoms with Gasteiger partial charge in [-0.05, 0) is 75.4 Å². The summed E-state index contributed by atoms with van der Waals surface area (Å²) in [5, 5.41) is 7.25. The third-order valence-electron chi connectivity index (χ3n) is 5.45. The first-order chi connectivity index (χ1) is 18.5. The second kappa shape index (κ2) is 12.2. The molecule has 0 aliphatic carbocycles. The molecule has 0 bridgehead atoms. The predicted octanol–water partition coefficient (Wildman–Crippen LogP) is 7.18. The zero-order valence-corrected chi connectivity index (χ0v) is 24.0. The monoisotopic (exact) mass is 578 g/mol. The van der Waals surface area contributed by atoms with Crippen molar-refractivity contribution in [1.82, 2.24) is 15.3 Å². The molecule has 2 N–H and O–H groups in total. The van der Waals surface area contributed by atoms with Crippen molar-refractivity contribution in [3.63, 3.8) is 0 Å². The van der Waals surface area contributed by atoms with Gasteiger partial charge in [0.15, 0.2) is 5.01 Å². The molecule has 1 aromatic carbocycles. The standard InChI is InChI=1S/C28H33F3N4O4S/c1-17(2)15-27(6,35-25(37)39-26(3,4)5)16-38-21-8-7-18(13-20(21)28(29,30)31)19-9-10-32-22(14-19)34-23(36)24-33-11-12-40-24/h7-14,17H,15-16H2,1-6H3,(H,35,37)(H,32,34,36)/t27-/m0/s1. The van der Waals surface area contributed by atoms with Crippen molar-refractivity contribution < 1.29 is 32.2 Å². The van der Waals surface area contributed by atoms with Gasteiger partial charge in [-0.2, -0.15) is 13.2 Å². The molecule has 2 amide bonds. The summed E-state index contributed by atoms with van der Waals surface area (Å²) < 4.78 is 53.4. The lowest BCUT2D eigenvalue weighted by Crippen LogP contribution is -2.52. The van der Waals surface area contributed by atoms with Gasteiger partial charge in [-0.3, -0.25) is 4.79 Å². The van der Waals surface area contributed by atoms with Crippen molar-refractivity contribution in [2.75, 3.05) is 11.9 Å². The van der Waals surface area contributed by atoms with E-state index in [9.17, 15) is 22.8 Å². The summed E-state index contributed by atoms with van der Waals surface area (Å²) >= 11 is 1.15. The molecule has 216 valence electrons. The number of carbonyl (C=O) groups excluding carboxylic acids is 2. The Kier molecular flexibility index (Phi) is 9.44. The molecule has 40 heavy (non-hydrogen) atoms. The number of amides is 2. The maximum atomic E-state index is 14.1. The Morgan fingerprint density at radius 1 is 1.00 bits per heavy atom. The van der Waals surface area contributed by atoms with Gasteiger partial charge in [-0.15, -0.1) is 11.3 Å². The molecule has 2 heterocycles. The van der Waals surface area contributed by atoms with Crippen LogP contribution in [0, 0.1) is 5.92 Å². The highest BCUT2D eigenvalue weighted by Gasteiger charge is 2.36. The molecule has 2 aromatic heterocycles. The molecule has 0 aliphatic rings.